The molecule has 12 atom stereocenters. The Morgan fingerprint density at radius 3 is 1.51 bits per heavy atom. The number of nitrogens with one attached hydrogen (secondary N) is 1. The number of hydrogen-bond acceptors (Lipinski definition) is 13. The molecule has 2 saturated heterocycles. The van der Waals surface area contributed by atoms with Crippen LogP contribution in [0.3, 0.4) is 0 Å². The lowest BCUT2D eigenvalue weighted by Crippen LogP contribution is -2.65. The molecule has 2 fully saturated rings. The predicted octanol–water partition coefficient (Wildman–Crippen LogP) is 5.60. The molecule has 0 aromatic rings. The van der Waals surface area contributed by atoms with Gasteiger partial charge in [0.05, 0.1) is 32.0 Å². The highest BCUT2D eigenvalue weighted by molar-refractivity contribution is 5.76. The lowest BCUT2D eigenvalue weighted by Gasteiger charge is -2.46. The van der Waals surface area contributed by atoms with E-state index in [9.17, 15) is 45.6 Å². The molecule has 14 heteroatoms. The van der Waals surface area contributed by atoms with E-state index in [4.69, 9.17) is 18.9 Å². The van der Waals surface area contributed by atoms with E-state index in [0.29, 0.717) is 6.42 Å². The molecule has 360 valence electrons. The summed E-state index contributed by atoms with van der Waals surface area (Å²) >= 11 is 0. The Balaban J connectivity index is 1.85. The first-order chi connectivity index (χ1) is 29.6. The molecule has 2 rings (SSSR count). The van der Waals surface area contributed by atoms with Crippen molar-refractivity contribution in [3.63, 3.8) is 0 Å². The lowest BCUT2D eigenvalue weighted by atomic mass is 9.97. The molecule has 2 aliphatic rings. The molecule has 0 spiro atoms. The molecular formula is C47H89NO13. The molecule has 0 bridgehead atoms. The highest BCUT2D eigenvalue weighted by Crippen LogP contribution is 2.30. The van der Waals surface area contributed by atoms with Crippen molar-refractivity contribution in [2.24, 2.45) is 0 Å². The quantitative estimate of drug-likeness (QED) is 0.0274. The van der Waals surface area contributed by atoms with E-state index in [1.165, 1.54) is 122 Å². The van der Waals surface area contributed by atoms with Crippen LogP contribution in [0.15, 0.2) is 12.2 Å². The second-order valence-electron chi connectivity index (χ2n) is 17.6. The Hall–Kier alpha value is -1.27. The van der Waals surface area contributed by atoms with Crippen LogP contribution in [0.4, 0.5) is 0 Å². The summed E-state index contributed by atoms with van der Waals surface area (Å²) in [5.41, 5.74) is 0. The number of ether oxygens (including phenoxy) is 4. The van der Waals surface area contributed by atoms with E-state index >= 15 is 0 Å². The van der Waals surface area contributed by atoms with Gasteiger partial charge >= 0.3 is 0 Å². The van der Waals surface area contributed by atoms with Gasteiger partial charge in [-0.1, -0.05) is 174 Å². The Labute approximate surface area is 367 Å². The molecule has 9 N–H and O–H groups in total. The molecule has 14 nitrogen and oxygen atoms in total. The van der Waals surface area contributed by atoms with Gasteiger partial charge in [-0.3, -0.25) is 4.79 Å². The molecular weight excluding hydrogens is 787 g/mol. The molecule has 0 saturated carbocycles. The predicted molar refractivity (Wildman–Crippen MR) is 235 cm³/mol. The monoisotopic (exact) mass is 876 g/mol. The molecule has 61 heavy (non-hydrogen) atoms. The number of carbonyl (C=O) groups excluding carboxylic acids is 1. The Morgan fingerprint density at radius 1 is 0.574 bits per heavy atom. The SMILES string of the molecule is CCCCCCCCCCCCCCCCCC/C=C/C(O)C(COC1OC(CO)C(OC2OC(CO)C(O)C(O)C2O)C(O)C1O)NC(=O)CCCCCCCCCCC. The Bertz CT molecular complexity index is 1080. The van der Waals surface area contributed by atoms with E-state index in [0.717, 1.165) is 38.5 Å². The van der Waals surface area contributed by atoms with Crippen LogP contribution in [0.25, 0.3) is 0 Å². The molecule has 12 unspecified atom stereocenters. The molecule has 0 aromatic carbocycles. The minimum atomic E-state index is -1.78. The molecule has 0 radical (unpaired) electrons. The topological polar surface area (TPSA) is 228 Å². The Kier molecular flexibility index (Phi) is 32.1. The van der Waals surface area contributed by atoms with E-state index in [1.807, 2.05) is 6.08 Å². The van der Waals surface area contributed by atoms with Gasteiger partial charge in [0.2, 0.25) is 5.91 Å². The lowest BCUT2D eigenvalue weighted by molar-refractivity contribution is -0.359. The third kappa shape index (κ3) is 23.0. The van der Waals surface area contributed by atoms with Crippen LogP contribution < -0.4 is 5.32 Å². The highest BCUT2D eigenvalue weighted by atomic mass is 16.7. The van der Waals surface area contributed by atoms with Gasteiger partial charge in [-0.25, -0.2) is 0 Å². The number of carbonyl (C=O) groups is 1. The molecule has 2 heterocycles. The summed E-state index contributed by atoms with van der Waals surface area (Å²) in [4.78, 5) is 13.1. The van der Waals surface area contributed by atoms with Crippen molar-refractivity contribution in [2.45, 2.75) is 261 Å². The van der Waals surface area contributed by atoms with Crippen molar-refractivity contribution < 1.29 is 64.6 Å². The maximum atomic E-state index is 13.1. The average molecular weight is 876 g/mol. The number of aliphatic hydroxyl groups is 8. The van der Waals surface area contributed by atoms with Gasteiger partial charge in [0.25, 0.3) is 0 Å². The first-order valence-electron chi connectivity index (χ1n) is 24.4. The van der Waals surface area contributed by atoms with Crippen LogP contribution in [-0.2, 0) is 23.7 Å². The minimum absolute atomic E-state index is 0.242. The van der Waals surface area contributed by atoms with Crippen LogP contribution in [0.1, 0.15) is 187 Å². The van der Waals surface area contributed by atoms with E-state index in [-0.39, 0.29) is 18.9 Å². The Morgan fingerprint density at radius 2 is 1.02 bits per heavy atom. The van der Waals surface area contributed by atoms with Gasteiger partial charge in [-0.2, -0.15) is 0 Å². The van der Waals surface area contributed by atoms with E-state index in [1.54, 1.807) is 6.08 Å². The second-order valence-corrected chi connectivity index (χ2v) is 17.6. The van der Waals surface area contributed by atoms with E-state index in [2.05, 4.69) is 19.2 Å². The number of allylic oxidation sites excluding steroid dienone is 1. The number of unbranched alkanes of at least 4 members (excludes halogenated alkanes) is 24. The standard InChI is InChI=1S/C47H89NO13/c1-3-5-7-9-11-13-14-15-16-17-18-19-20-21-23-24-26-28-30-36(51)35(48-39(52)31-29-27-25-22-12-10-8-6-4-2)34-58-46-44(57)42(55)45(38(33-50)60-46)61-47-43(56)41(54)40(53)37(32-49)59-47/h28,30,35-38,40-47,49-51,53-57H,3-27,29,31-34H2,1-2H3,(H,48,52)/b30-28+. The fourth-order valence-electron chi connectivity index (χ4n) is 8.17. The minimum Gasteiger partial charge on any atom is -0.394 e. The maximum Gasteiger partial charge on any atom is 0.220 e. The van der Waals surface area contributed by atoms with Gasteiger partial charge in [-0.05, 0) is 19.3 Å². The second kappa shape index (κ2) is 35.0. The fourth-order valence-corrected chi connectivity index (χ4v) is 8.17. The number of hydrogen-bond donors (Lipinski definition) is 9. The average Bonchev–Trinajstić information content (AvgIpc) is 3.26. The van der Waals surface area contributed by atoms with Crippen LogP contribution in [0.5, 0.6) is 0 Å². The van der Waals surface area contributed by atoms with Gasteiger partial charge in [0.15, 0.2) is 12.6 Å². The molecule has 0 aromatic heterocycles. The first kappa shape index (κ1) is 55.9. The summed E-state index contributed by atoms with van der Waals surface area (Å²) in [6.07, 6.45) is 18.4. The van der Waals surface area contributed by atoms with Crippen molar-refractivity contribution in [3.8, 4) is 0 Å². The summed E-state index contributed by atoms with van der Waals surface area (Å²) < 4.78 is 22.6. The largest absolute Gasteiger partial charge is 0.394 e. The third-order valence-corrected chi connectivity index (χ3v) is 12.2. The zero-order chi connectivity index (χ0) is 44.7. The molecule has 1 amide bonds. The highest BCUT2D eigenvalue weighted by Gasteiger charge is 2.51. The van der Waals surface area contributed by atoms with Gasteiger partial charge in [0.1, 0.15) is 48.8 Å². The molecule has 0 aliphatic carbocycles. The summed E-state index contributed by atoms with van der Waals surface area (Å²) in [6.45, 7) is 2.76. The summed E-state index contributed by atoms with van der Waals surface area (Å²) in [7, 11) is 0. The van der Waals surface area contributed by atoms with Crippen LogP contribution in [0.2, 0.25) is 0 Å². The fraction of sp³-hybridized carbons (Fsp3) is 0.936. The first-order valence-corrected chi connectivity index (χ1v) is 24.4. The molecule has 2 aliphatic heterocycles. The van der Waals surface area contributed by atoms with Gasteiger partial charge in [-0.15, -0.1) is 0 Å². The van der Waals surface area contributed by atoms with Gasteiger partial charge < -0.3 is 65.1 Å². The van der Waals surface area contributed by atoms with Crippen molar-refractivity contribution in [1.29, 1.82) is 0 Å². The van der Waals surface area contributed by atoms with E-state index < -0.39 is 86.8 Å². The zero-order valence-corrected chi connectivity index (χ0v) is 37.9. The number of aliphatic hydroxyl groups excluding tert-OH is 8. The summed E-state index contributed by atoms with van der Waals surface area (Å²) in [5.74, 6) is -0.242. The number of amides is 1. The number of rotatable bonds is 37. The maximum absolute atomic E-state index is 13.1. The third-order valence-electron chi connectivity index (χ3n) is 12.2. The van der Waals surface area contributed by atoms with Crippen molar-refractivity contribution >= 4 is 5.91 Å². The summed E-state index contributed by atoms with van der Waals surface area (Å²) in [6, 6.07) is -0.906. The zero-order valence-electron chi connectivity index (χ0n) is 37.9. The van der Waals surface area contributed by atoms with Crippen LogP contribution in [-0.4, -0.2) is 140 Å². The van der Waals surface area contributed by atoms with Crippen molar-refractivity contribution in [2.75, 3.05) is 19.8 Å². The van der Waals surface area contributed by atoms with Crippen molar-refractivity contribution in [1.82, 2.24) is 5.32 Å². The smallest absolute Gasteiger partial charge is 0.220 e. The van der Waals surface area contributed by atoms with Crippen molar-refractivity contribution in [3.05, 3.63) is 12.2 Å². The summed E-state index contributed by atoms with van der Waals surface area (Å²) in [5, 5.41) is 86.5. The van der Waals surface area contributed by atoms with Crippen LogP contribution >= 0.6 is 0 Å². The van der Waals surface area contributed by atoms with Gasteiger partial charge in [0, 0.05) is 6.42 Å². The normalized spacial score (nSPS) is 28.0. The van der Waals surface area contributed by atoms with Crippen LogP contribution in [0, 0.1) is 0 Å².